The summed E-state index contributed by atoms with van der Waals surface area (Å²) in [6.07, 6.45) is 1.43. The Labute approximate surface area is 133 Å². The first kappa shape index (κ1) is 15.9. The lowest BCUT2D eigenvalue weighted by Gasteiger charge is -2.37. The van der Waals surface area contributed by atoms with E-state index in [0.29, 0.717) is 18.5 Å². The number of hydrogen-bond acceptors (Lipinski definition) is 3. The van der Waals surface area contributed by atoms with Crippen LogP contribution in [0.4, 0.5) is 5.69 Å². The molecule has 0 radical (unpaired) electrons. The molecule has 2 rings (SSSR count). The molecule has 7 heteroatoms. The van der Waals surface area contributed by atoms with Crippen molar-refractivity contribution in [3.05, 3.63) is 27.7 Å². The van der Waals surface area contributed by atoms with Crippen LogP contribution in [0.1, 0.15) is 30.1 Å². The third-order valence-corrected chi connectivity index (χ3v) is 4.67. The molecule has 1 aromatic rings. The van der Waals surface area contributed by atoms with Gasteiger partial charge >= 0.3 is 0 Å². The quantitative estimate of drug-likeness (QED) is 0.816. The second-order valence-electron chi connectivity index (χ2n) is 5.34. The molecule has 0 spiro atoms. The van der Waals surface area contributed by atoms with Gasteiger partial charge in [-0.15, -0.1) is 0 Å². The zero-order valence-corrected chi connectivity index (χ0v) is 13.1. The fourth-order valence-corrected chi connectivity index (χ4v) is 2.86. The second-order valence-corrected chi connectivity index (χ2v) is 6.13. The van der Waals surface area contributed by atoms with Crippen molar-refractivity contribution in [3.8, 4) is 0 Å². The summed E-state index contributed by atoms with van der Waals surface area (Å²) in [6.45, 7) is 2.26. The van der Waals surface area contributed by atoms with Crippen molar-refractivity contribution in [1.82, 2.24) is 4.90 Å². The zero-order valence-electron chi connectivity index (χ0n) is 11.6. The number of hydrogen-bond donors (Lipinski definition) is 2. The third-order valence-electron chi connectivity index (χ3n) is 3.85. The number of primary amides is 1. The molecule has 2 unspecified atom stereocenters. The predicted octanol–water partition coefficient (Wildman–Crippen LogP) is 2.30. The third kappa shape index (κ3) is 3.24. The second kappa shape index (κ2) is 6.12. The highest BCUT2D eigenvalue weighted by atomic mass is 35.5. The van der Waals surface area contributed by atoms with E-state index in [1.54, 1.807) is 4.90 Å². The minimum Gasteiger partial charge on any atom is -0.397 e. The van der Waals surface area contributed by atoms with Gasteiger partial charge in [-0.05, 0) is 31.9 Å². The highest BCUT2D eigenvalue weighted by Gasteiger charge is 2.32. The van der Waals surface area contributed by atoms with Crippen LogP contribution in [-0.4, -0.2) is 29.3 Å². The molecule has 1 heterocycles. The van der Waals surface area contributed by atoms with Crippen LogP contribution in [0, 0.1) is 5.92 Å². The molecule has 1 aliphatic heterocycles. The van der Waals surface area contributed by atoms with Gasteiger partial charge in [0.15, 0.2) is 0 Å². The normalized spacial score (nSPS) is 22.1. The minimum absolute atomic E-state index is 0.0313. The van der Waals surface area contributed by atoms with Crippen molar-refractivity contribution in [2.45, 2.75) is 25.8 Å². The summed E-state index contributed by atoms with van der Waals surface area (Å²) in [5, 5.41) is 0.464. The van der Waals surface area contributed by atoms with E-state index in [4.69, 9.17) is 34.7 Å². The number of benzene rings is 1. The van der Waals surface area contributed by atoms with Gasteiger partial charge in [0, 0.05) is 18.2 Å². The molecule has 0 bridgehead atoms. The summed E-state index contributed by atoms with van der Waals surface area (Å²) in [4.78, 5) is 25.6. The molecule has 2 atom stereocenters. The van der Waals surface area contributed by atoms with Crippen LogP contribution in [0.15, 0.2) is 12.1 Å². The number of anilines is 1. The van der Waals surface area contributed by atoms with E-state index in [-0.39, 0.29) is 39.5 Å². The molecular weight excluding hydrogens is 313 g/mol. The molecule has 2 amide bonds. The van der Waals surface area contributed by atoms with Crippen LogP contribution in [0.2, 0.25) is 10.0 Å². The monoisotopic (exact) mass is 329 g/mol. The predicted molar refractivity (Wildman–Crippen MR) is 83.3 cm³/mol. The molecule has 0 aliphatic carbocycles. The number of nitrogens with zero attached hydrogens (tertiary/aromatic N) is 1. The Bertz CT molecular complexity index is 569. The highest BCUT2D eigenvalue weighted by Crippen LogP contribution is 2.31. The maximum absolute atomic E-state index is 12.6. The summed E-state index contributed by atoms with van der Waals surface area (Å²) in [5.74, 6) is -0.919. The van der Waals surface area contributed by atoms with Gasteiger partial charge in [-0.2, -0.15) is 0 Å². The van der Waals surface area contributed by atoms with Crippen LogP contribution in [0.25, 0.3) is 0 Å². The summed E-state index contributed by atoms with van der Waals surface area (Å²) < 4.78 is 0. The van der Waals surface area contributed by atoms with Gasteiger partial charge in [0.05, 0.1) is 21.7 Å². The zero-order chi connectivity index (χ0) is 15.7. The van der Waals surface area contributed by atoms with Gasteiger partial charge < -0.3 is 16.4 Å². The molecule has 114 valence electrons. The number of nitrogen functional groups attached to an aromatic ring is 1. The fraction of sp³-hybridized carbons (Fsp3) is 0.429. The van der Waals surface area contributed by atoms with E-state index in [1.807, 2.05) is 6.92 Å². The summed E-state index contributed by atoms with van der Waals surface area (Å²) in [6, 6.07) is 3.02. The van der Waals surface area contributed by atoms with Crippen LogP contribution < -0.4 is 11.5 Å². The Morgan fingerprint density at radius 1 is 1.29 bits per heavy atom. The maximum atomic E-state index is 12.6. The number of piperidine rings is 1. The fourth-order valence-electron chi connectivity index (χ4n) is 2.52. The first-order valence-corrected chi connectivity index (χ1v) is 7.41. The standard InChI is InChI=1S/C14H17Cl2N3O2/c1-7-2-3-8(13(18)20)6-19(7)14(21)9-4-10(15)12(16)11(17)5-9/h4-5,7-8H,2-3,6,17H2,1H3,(H2,18,20). The van der Waals surface area contributed by atoms with E-state index in [2.05, 4.69) is 0 Å². The van der Waals surface area contributed by atoms with Crippen LogP contribution >= 0.6 is 23.2 Å². The van der Waals surface area contributed by atoms with Crippen molar-refractivity contribution >= 4 is 40.7 Å². The van der Waals surface area contributed by atoms with Crippen molar-refractivity contribution in [3.63, 3.8) is 0 Å². The molecule has 1 aliphatic rings. The topological polar surface area (TPSA) is 89.4 Å². The smallest absolute Gasteiger partial charge is 0.254 e. The minimum atomic E-state index is -0.381. The molecule has 0 aromatic heterocycles. The van der Waals surface area contributed by atoms with E-state index < -0.39 is 0 Å². The van der Waals surface area contributed by atoms with Gasteiger partial charge in [-0.25, -0.2) is 0 Å². The number of rotatable bonds is 2. The number of carbonyl (C=O) groups is 2. The van der Waals surface area contributed by atoms with E-state index in [0.717, 1.165) is 6.42 Å². The van der Waals surface area contributed by atoms with Crippen molar-refractivity contribution in [2.24, 2.45) is 11.7 Å². The SMILES string of the molecule is CC1CCC(C(N)=O)CN1C(=O)c1cc(N)c(Cl)c(Cl)c1. The van der Waals surface area contributed by atoms with Crippen molar-refractivity contribution in [2.75, 3.05) is 12.3 Å². The first-order valence-electron chi connectivity index (χ1n) is 6.66. The van der Waals surface area contributed by atoms with E-state index >= 15 is 0 Å². The van der Waals surface area contributed by atoms with Crippen molar-refractivity contribution in [1.29, 1.82) is 0 Å². The largest absolute Gasteiger partial charge is 0.397 e. The lowest BCUT2D eigenvalue weighted by molar-refractivity contribution is -0.123. The molecule has 0 saturated carbocycles. The molecule has 1 aromatic carbocycles. The van der Waals surface area contributed by atoms with Gasteiger partial charge in [0.2, 0.25) is 5.91 Å². The molecule has 4 N–H and O–H groups in total. The first-order chi connectivity index (χ1) is 9.81. The summed E-state index contributed by atoms with van der Waals surface area (Å²) in [7, 11) is 0. The average Bonchev–Trinajstić information content (AvgIpc) is 2.43. The van der Waals surface area contributed by atoms with E-state index in [1.165, 1.54) is 12.1 Å². The maximum Gasteiger partial charge on any atom is 0.254 e. The van der Waals surface area contributed by atoms with Crippen molar-refractivity contribution < 1.29 is 9.59 Å². The Morgan fingerprint density at radius 3 is 2.52 bits per heavy atom. The number of carbonyl (C=O) groups excluding carboxylic acids is 2. The molecular formula is C14H17Cl2N3O2. The molecule has 21 heavy (non-hydrogen) atoms. The number of likely N-dealkylation sites (tertiary alicyclic amines) is 1. The summed E-state index contributed by atoms with van der Waals surface area (Å²) >= 11 is 11.9. The molecule has 1 fully saturated rings. The number of nitrogens with two attached hydrogens (primary N) is 2. The van der Waals surface area contributed by atoms with Crippen LogP contribution in [0.5, 0.6) is 0 Å². The molecule has 5 nitrogen and oxygen atoms in total. The lowest BCUT2D eigenvalue weighted by Crippen LogP contribution is -2.48. The Balaban J connectivity index is 2.27. The number of amides is 2. The highest BCUT2D eigenvalue weighted by molar-refractivity contribution is 6.43. The van der Waals surface area contributed by atoms with Gasteiger partial charge in [0.1, 0.15) is 0 Å². The van der Waals surface area contributed by atoms with Gasteiger partial charge in [-0.1, -0.05) is 23.2 Å². The summed E-state index contributed by atoms with van der Waals surface area (Å²) in [5.41, 5.74) is 11.7. The van der Waals surface area contributed by atoms with Crippen LogP contribution in [0.3, 0.4) is 0 Å². The Kier molecular flexibility index (Phi) is 4.64. The van der Waals surface area contributed by atoms with E-state index in [9.17, 15) is 9.59 Å². The number of halogens is 2. The Hall–Kier alpha value is -1.46. The Morgan fingerprint density at radius 2 is 1.95 bits per heavy atom. The van der Waals surface area contributed by atoms with Crippen LogP contribution in [-0.2, 0) is 4.79 Å². The van der Waals surface area contributed by atoms with Gasteiger partial charge in [-0.3, -0.25) is 9.59 Å². The average molecular weight is 330 g/mol. The molecule has 1 saturated heterocycles. The lowest BCUT2D eigenvalue weighted by atomic mass is 9.92. The van der Waals surface area contributed by atoms with Gasteiger partial charge in [0.25, 0.3) is 5.91 Å².